The fourth-order valence-electron chi connectivity index (χ4n) is 3.62. The average molecular weight is 423 g/mol. The maximum atomic E-state index is 12.6. The second-order valence-electron chi connectivity index (χ2n) is 6.82. The first-order valence-corrected chi connectivity index (χ1v) is 10.2. The predicted molar refractivity (Wildman–Crippen MR) is 120 cm³/mol. The molecule has 1 aliphatic heterocycles. The molecule has 0 saturated carbocycles. The molecule has 29 heavy (non-hydrogen) atoms. The molecule has 1 aromatic heterocycles. The summed E-state index contributed by atoms with van der Waals surface area (Å²) in [5.74, 6) is -1.45. The highest BCUT2D eigenvalue weighted by Gasteiger charge is 2.33. The summed E-state index contributed by atoms with van der Waals surface area (Å²) in [6.07, 6.45) is 1.80. The minimum Gasteiger partial charge on any atom is -0.480 e. The van der Waals surface area contributed by atoms with Crippen molar-refractivity contribution in [3.63, 3.8) is 0 Å². The number of carbonyl (C=O) groups excluding carboxylic acids is 1. The first-order valence-electron chi connectivity index (χ1n) is 9.01. The highest BCUT2D eigenvalue weighted by atomic mass is 32.2. The van der Waals surface area contributed by atoms with Gasteiger partial charge in [-0.25, -0.2) is 0 Å². The molecule has 5 nitrogen and oxygen atoms in total. The number of aliphatic carboxylic acids is 1. The molecule has 0 atom stereocenters. The van der Waals surface area contributed by atoms with Crippen LogP contribution in [0.1, 0.15) is 17.0 Å². The Balaban J connectivity index is 1.77. The monoisotopic (exact) mass is 422 g/mol. The third kappa shape index (κ3) is 3.47. The predicted octanol–water partition coefficient (Wildman–Crippen LogP) is 4.53. The molecule has 1 fully saturated rings. The van der Waals surface area contributed by atoms with Crippen LogP contribution in [0.15, 0.2) is 53.4 Å². The molecule has 4 rings (SSSR count). The molecule has 0 spiro atoms. The van der Waals surface area contributed by atoms with Crippen molar-refractivity contribution in [3.05, 3.63) is 70.4 Å². The van der Waals surface area contributed by atoms with Gasteiger partial charge in [0.1, 0.15) is 10.9 Å². The highest BCUT2D eigenvalue weighted by Crippen LogP contribution is 2.34. The van der Waals surface area contributed by atoms with Crippen LogP contribution in [0.2, 0.25) is 0 Å². The zero-order valence-corrected chi connectivity index (χ0v) is 17.5. The molecule has 146 valence electrons. The van der Waals surface area contributed by atoms with Crippen LogP contribution in [0.4, 0.5) is 0 Å². The number of carbonyl (C=O) groups is 2. The molecule has 1 saturated heterocycles. The van der Waals surface area contributed by atoms with Crippen LogP contribution < -0.4 is 0 Å². The van der Waals surface area contributed by atoms with E-state index in [1.165, 1.54) is 0 Å². The van der Waals surface area contributed by atoms with E-state index in [1.807, 2.05) is 38.1 Å². The third-order valence-corrected chi connectivity index (χ3v) is 6.31. The van der Waals surface area contributed by atoms with E-state index < -0.39 is 12.5 Å². The molecule has 0 unspecified atom stereocenters. The second kappa shape index (κ2) is 7.50. The number of aryl methyl sites for hydroxylation is 1. The molecule has 0 bridgehead atoms. The number of thiocarbonyl (C=S) groups is 1. The summed E-state index contributed by atoms with van der Waals surface area (Å²) >= 11 is 6.32. The van der Waals surface area contributed by atoms with Gasteiger partial charge in [-0.05, 0) is 43.0 Å². The lowest BCUT2D eigenvalue weighted by molar-refractivity contribution is -0.140. The Kier molecular flexibility index (Phi) is 5.02. The number of carboxylic acid groups (broad SMARTS) is 1. The van der Waals surface area contributed by atoms with Gasteiger partial charge < -0.3 is 9.67 Å². The Hall–Kier alpha value is -2.90. The molecule has 7 heteroatoms. The van der Waals surface area contributed by atoms with Crippen LogP contribution in [-0.2, 0) is 9.59 Å². The van der Waals surface area contributed by atoms with E-state index in [1.54, 1.807) is 6.08 Å². The summed E-state index contributed by atoms with van der Waals surface area (Å²) in [6, 6.07) is 16.5. The van der Waals surface area contributed by atoms with E-state index >= 15 is 0 Å². The Morgan fingerprint density at radius 1 is 1.17 bits per heavy atom. The van der Waals surface area contributed by atoms with Crippen LogP contribution in [0.25, 0.3) is 22.5 Å². The van der Waals surface area contributed by atoms with E-state index in [9.17, 15) is 9.59 Å². The summed E-state index contributed by atoms with van der Waals surface area (Å²) in [5.41, 5.74) is 4.04. The van der Waals surface area contributed by atoms with Crippen molar-refractivity contribution in [2.45, 2.75) is 13.8 Å². The molecule has 2 heterocycles. The number of aromatic nitrogens is 1. The summed E-state index contributed by atoms with van der Waals surface area (Å²) < 4.78 is 2.44. The number of fused-ring (bicyclic) bond motifs is 1. The van der Waals surface area contributed by atoms with Gasteiger partial charge in [-0.15, -0.1) is 0 Å². The van der Waals surface area contributed by atoms with Crippen molar-refractivity contribution >= 4 is 57.0 Å². The maximum absolute atomic E-state index is 12.6. The van der Waals surface area contributed by atoms with Crippen LogP contribution in [0.5, 0.6) is 0 Å². The molecule has 1 aliphatic rings. The molecule has 0 radical (unpaired) electrons. The number of hydrogen-bond acceptors (Lipinski definition) is 4. The highest BCUT2D eigenvalue weighted by molar-refractivity contribution is 8.26. The molecule has 0 aliphatic carbocycles. The zero-order chi connectivity index (χ0) is 20.7. The summed E-state index contributed by atoms with van der Waals surface area (Å²) in [5, 5.41) is 11.3. The van der Waals surface area contributed by atoms with Gasteiger partial charge in [-0.1, -0.05) is 60.4 Å². The molecule has 2 aromatic carbocycles. The van der Waals surface area contributed by atoms with Crippen LogP contribution >= 0.6 is 24.0 Å². The van der Waals surface area contributed by atoms with Gasteiger partial charge in [-0.3, -0.25) is 14.5 Å². The molecular formula is C22H18N2O3S2. The lowest BCUT2D eigenvalue weighted by Gasteiger charge is -2.13. The summed E-state index contributed by atoms with van der Waals surface area (Å²) in [7, 11) is 0. The topological polar surface area (TPSA) is 62.5 Å². The van der Waals surface area contributed by atoms with Crippen molar-refractivity contribution in [2.24, 2.45) is 0 Å². The average Bonchev–Trinajstić information content (AvgIpc) is 3.11. The summed E-state index contributed by atoms with van der Waals surface area (Å²) in [6.45, 7) is 3.62. The number of amides is 1. The zero-order valence-electron chi connectivity index (χ0n) is 15.9. The largest absolute Gasteiger partial charge is 0.480 e. The number of thioether (sulfide) groups is 1. The van der Waals surface area contributed by atoms with E-state index in [4.69, 9.17) is 17.3 Å². The van der Waals surface area contributed by atoms with Crippen LogP contribution in [0.3, 0.4) is 0 Å². The quantitative estimate of drug-likeness (QED) is 0.494. The van der Waals surface area contributed by atoms with E-state index in [0.717, 1.165) is 50.1 Å². The number of benzene rings is 2. The molecule has 1 N–H and O–H groups in total. The summed E-state index contributed by atoms with van der Waals surface area (Å²) in [4.78, 5) is 25.1. The second-order valence-corrected chi connectivity index (χ2v) is 8.50. The lowest BCUT2D eigenvalue weighted by atomic mass is 10.1. The van der Waals surface area contributed by atoms with Gasteiger partial charge in [0.15, 0.2) is 0 Å². The minimum absolute atomic E-state index is 0.270. The first kappa shape index (κ1) is 19.4. The fourth-order valence-corrected chi connectivity index (χ4v) is 4.87. The standard InChI is InChI=1S/C22H18N2O3S2/c1-13-10-16(11-19-21(27)23(12-20(25)26)22(28)29-19)14(2)24(13)18-9-5-7-15-6-3-4-8-17(15)18/h3-11H,12H2,1-2H3,(H,25,26)/b19-11-. The number of hydrogen-bond donors (Lipinski definition) is 1. The van der Waals surface area contributed by atoms with E-state index in [2.05, 4.69) is 28.8 Å². The van der Waals surface area contributed by atoms with E-state index in [-0.39, 0.29) is 10.2 Å². The smallest absolute Gasteiger partial charge is 0.323 e. The van der Waals surface area contributed by atoms with Crippen molar-refractivity contribution in [3.8, 4) is 5.69 Å². The Labute approximate surface area is 177 Å². The molecular weight excluding hydrogens is 404 g/mol. The van der Waals surface area contributed by atoms with Crippen LogP contribution in [-0.4, -0.2) is 37.3 Å². The maximum Gasteiger partial charge on any atom is 0.323 e. The van der Waals surface area contributed by atoms with Crippen molar-refractivity contribution in [1.82, 2.24) is 9.47 Å². The lowest BCUT2D eigenvalue weighted by Crippen LogP contribution is -2.33. The Bertz CT molecular complexity index is 1200. The van der Waals surface area contributed by atoms with Crippen molar-refractivity contribution in [1.29, 1.82) is 0 Å². The van der Waals surface area contributed by atoms with Gasteiger partial charge in [0.05, 0.1) is 10.6 Å². The van der Waals surface area contributed by atoms with Gasteiger partial charge in [0.2, 0.25) is 0 Å². The van der Waals surface area contributed by atoms with Crippen molar-refractivity contribution < 1.29 is 14.7 Å². The third-order valence-electron chi connectivity index (χ3n) is 4.93. The number of rotatable bonds is 4. The normalized spacial score (nSPS) is 15.7. The van der Waals surface area contributed by atoms with Gasteiger partial charge >= 0.3 is 5.97 Å². The van der Waals surface area contributed by atoms with Crippen LogP contribution in [0, 0.1) is 13.8 Å². The Morgan fingerprint density at radius 3 is 2.66 bits per heavy atom. The minimum atomic E-state index is -1.09. The first-order chi connectivity index (χ1) is 13.9. The number of nitrogens with zero attached hydrogens (tertiary/aromatic N) is 2. The molecule has 3 aromatic rings. The van der Waals surface area contributed by atoms with Crippen molar-refractivity contribution in [2.75, 3.05) is 6.54 Å². The number of carboxylic acids is 1. The SMILES string of the molecule is Cc1cc(/C=C2\SC(=S)N(CC(=O)O)C2=O)c(C)n1-c1cccc2ccccc12. The fraction of sp³-hybridized carbons (Fsp3) is 0.136. The van der Waals surface area contributed by atoms with Gasteiger partial charge in [-0.2, -0.15) is 0 Å². The van der Waals surface area contributed by atoms with Gasteiger partial charge in [0, 0.05) is 16.8 Å². The molecule has 1 amide bonds. The van der Waals surface area contributed by atoms with E-state index in [0.29, 0.717) is 4.91 Å². The van der Waals surface area contributed by atoms with Gasteiger partial charge in [0.25, 0.3) is 5.91 Å². The Morgan fingerprint density at radius 2 is 1.90 bits per heavy atom.